The number of carbonyl (C=O) groups is 2. The largest absolute Gasteiger partial charge is 0.481 e. The van der Waals surface area contributed by atoms with Crippen molar-refractivity contribution in [1.82, 2.24) is 4.90 Å². The summed E-state index contributed by atoms with van der Waals surface area (Å²) in [5.74, 6) is -0.259. The first-order valence-corrected chi connectivity index (χ1v) is 6.15. The number of benzene rings is 1. The van der Waals surface area contributed by atoms with E-state index >= 15 is 0 Å². The zero-order valence-electron chi connectivity index (χ0n) is 10.2. The summed E-state index contributed by atoms with van der Waals surface area (Å²) in [7, 11) is 1.51. The summed E-state index contributed by atoms with van der Waals surface area (Å²) in [6.45, 7) is 1.51. The minimum Gasteiger partial charge on any atom is -0.481 e. The lowest BCUT2D eigenvalue weighted by Gasteiger charge is -2.20. The van der Waals surface area contributed by atoms with Crippen molar-refractivity contribution in [3.05, 3.63) is 28.7 Å². The van der Waals surface area contributed by atoms with Crippen LogP contribution in [0.2, 0.25) is 0 Å². The van der Waals surface area contributed by atoms with Gasteiger partial charge in [-0.25, -0.2) is 0 Å². The third kappa shape index (κ3) is 4.37. The first-order chi connectivity index (χ1) is 8.40. The molecule has 2 amide bonds. The monoisotopic (exact) mass is 314 g/mol. The van der Waals surface area contributed by atoms with Crippen LogP contribution in [0.3, 0.4) is 0 Å². The predicted octanol–water partition coefficient (Wildman–Crippen LogP) is 1.16. The molecule has 0 aliphatic rings. The van der Waals surface area contributed by atoms with E-state index in [2.05, 4.69) is 15.9 Å². The van der Waals surface area contributed by atoms with Crippen molar-refractivity contribution in [3.63, 3.8) is 0 Å². The van der Waals surface area contributed by atoms with Crippen molar-refractivity contribution < 1.29 is 14.3 Å². The first kappa shape index (κ1) is 14.5. The highest BCUT2D eigenvalue weighted by Gasteiger charge is 2.20. The zero-order chi connectivity index (χ0) is 13.7. The van der Waals surface area contributed by atoms with Crippen molar-refractivity contribution in [2.45, 2.75) is 13.0 Å². The van der Waals surface area contributed by atoms with Gasteiger partial charge in [0.2, 0.25) is 5.91 Å². The molecule has 0 aliphatic heterocycles. The number of rotatable bonds is 5. The topological polar surface area (TPSA) is 72.6 Å². The van der Waals surface area contributed by atoms with Gasteiger partial charge in [0.1, 0.15) is 5.75 Å². The molecule has 0 spiro atoms. The molecule has 0 saturated carbocycles. The van der Waals surface area contributed by atoms with Crippen LogP contribution in [0, 0.1) is 0 Å². The minimum atomic E-state index is -0.671. The molecule has 0 bridgehead atoms. The molecule has 98 valence electrons. The van der Waals surface area contributed by atoms with Crippen molar-refractivity contribution in [3.8, 4) is 5.75 Å². The van der Waals surface area contributed by atoms with Gasteiger partial charge >= 0.3 is 0 Å². The Morgan fingerprint density at radius 2 is 1.94 bits per heavy atom. The van der Waals surface area contributed by atoms with Gasteiger partial charge in [0.25, 0.3) is 5.91 Å². The predicted molar refractivity (Wildman–Crippen MR) is 71.1 cm³/mol. The van der Waals surface area contributed by atoms with E-state index in [1.165, 1.54) is 11.9 Å². The normalized spacial score (nSPS) is 11.7. The van der Waals surface area contributed by atoms with Gasteiger partial charge in [0.05, 0.1) is 6.54 Å². The number of likely N-dealkylation sites (N-methyl/N-ethyl adjacent to an activating group) is 1. The van der Waals surface area contributed by atoms with Gasteiger partial charge in [0.15, 0.2) is 6.10 Å². The third-order valence-electron chi connectivity index (χ3n) is 2.24. The summed E-state index contributed by atoms with van der Waals surface area (Å²) in [4.78, 5) is 23.8. The molecule has 6 heteroatoms. The Bertz CT molecular complexity index is 433. The van der Waals surface area contributed by atoms with E-state index in [0.29, 0.717) is 5.75 Å². The molecule has 0 aromatic heterocycles. The molecule has 1 rings (SSSR count). The zero-order valence-corrected chi connectivity index (χ0v) is 11.8. The van der Waals surface area contributed by atoms with Crippen molar-refractivity contribution in [1.29, 1.82) is 0 Å². The second kappa shape index (κ2) is 6.39. The molecule has 1 aromatic carbocycles. The Labute approximate surface area is 114 Å². The fourth-order valence-electron chi connectivity index (χ4n) is 1.39. The van der Waals surface area contributed by atoms with Gasteiger partial charge < -0.3 is 15.4 Å². The lowest BCUT2D eigenvalue weighted by Crippen LogP contribution is -2.42. The van der Waals surface area contributed by atoms with E-state index in [-0.39, 0.29) is 12.5 Å². The summed E-state index contributed by atoms with van der Waals surface area (Å²) >= 11 is 3.31. The number of ether oxygens (including phenoxy) is 1. The highest BCUT2D eigenvalue weighted by atomic mass is 79.9. The van der Waals surface area contributed by atoms with E-state index in [9.17, 15) is 9.59 Å². The molecule has 2 N–H and O–H groups in total. The lowest BCUT2D eigenvalue weighted by molar-refractivity contribution is -0.139. The molecule has 0 unspecified atom stereocenters. The fraction of sp³-hybridized carbons (Fsp3) is 0.333. The van der Waals surface area contributed by atoms with Crippen LogP contribution in [-0.4, -0.2) is 36.4 Å². The Morgan fingerprint density at radius 1 is 1.39 bits per heavy atom. The maximum Gasteiger partial charge on any atom is 0.263 e. The van der Waals surface area contributed by atoms with E-state index in [4.69, 9.17) is 10.5 Å². The van der Waals surface area contributed by atoms with Crippen LogP contribution >= 0.6 is 15.9 Å². The van der Waals surface area contributed by atoms with Crippen LogP contribution in [-0.2, 0) is 9.59 Å². The molecule has 0 fully saturated rings. The average molecular weight is 315 g/mol. The molecule has 0 aliphatic carbocycles. The van der Waals surface area contributed by atoms with Crippen LogP contribution in [0.25, 0.3) is 0 Å². The number of nitrogens with zero attached hydrogens (tertiary/aromatic N) is 1. The molecule has 0 heterocycles. The van der Waals surface area contributed by atoms with E-state index in [1.807, 2.05) is 12.1 Å². The van der Waals surface area contributed by atoms with Gasteiger partial charge in [-0.2, -0.15) is 0 Å². The molecule has 1 aromatic rings. The number of amides is 2. The summed E-state index contributed by atoms with van der Waals surface area (Å²) in [5, 5.41) is 0. The Kier molecular flexibility index (Phi) is 5.15. The van der Waals surface area contributed by atoms with E-state index in [1.54, 1.807) is 19.1 Å². The van der Waals surface area contributed by atoms with Gasteiger partial charge in [0, 0.05) is 11.5 Å². The highest BCUT2D eigenvalue weighted by molar-refractivity contribution is 9.10. The summed E-state index contributed by atoms with van der Waals surface area (Å²) < 4.78 is 6.40. The molecule has 0 radical (unpaired) electrons. The molecule has 18 heavy (non-hydrogen) atoms. The van der Waals surface area contributed by atoms with Crippen molar-refractivity contribution >= 4 is 27.7 Å². The van der Waals surface area contributed by atoms with E-state index in [0.717, 1.165) is 4.47 Å². The second-order valence-electron chi connectivity index (χ2n) is 3.87. The third-order valence-corrected chi connectivity index (χ3v) is 2.77. The molecular formula is C12H15BrN2O3. The molecule has 5 nitrogen and oxygen atoms in total. The van der Waals surface area contributed by atoms with Crippen LogP contribution < -0.4 is 10.5 Å². The van der Waals surface area contributed by atoms with Crippen LogP contribution in [0.1, 0.15) is 6.92 Å². The number of primary amides is 1. The van der Waals surface area contributed by atoms with E-state index < -0.39 is 12.0 Å². The number of hydrogen-bond acceptors (Lipinski definition) is 3. The van der Waals surface area contributed by atoms with Crippen molar-refractivity contribution in [2.24, 2.45) is 5.73 Å². The van der Waals surface area contributed by atoms with Gasteiger partial charge in [-0.1, -0.05) is 15.9 Å². The number of carbonyl (C=O) groups excluding carboxylic acids is 2. The average Bonchev–Trinajstić information content (AvgIpc) is 2.30. The van der Waals surface area contributed by atoms with Crippen LogP contribution in [0.15, 0.2) is 28.7 Å². The number of hydrogen-bond donors (Lipinski definition) is 1. The fourth-order valence-corrected chi connectivity index (χ4v) is 1.65. The highest BCUT2D eigenvalue weighted by Crippen LogP contribution is 2.17. The Balaban J connectivity index is 2.59. The van der Waals surface area contributed by atoms with Gasteiger partial charge in [-0.15, -0.1) is 0 Å². The SMILES string of the molecule is C[C@H](Oc1ccc(Br)cc1)C(=O)N(C)CC(N)=O. The molecule has 1 atom stereocenters. The molecular weight excluding hydrogens is 300 g/mol. The van der Waals surface area contributed by atoms with Gasteiger partial charge in [-0.3, -0.25) is 9.59 Å². The maximum atomic E-state index is 11.8. The Morgan fingerprint density at radius 3 is 2.44 bits per heavy atom. The second-order valence-corrected chi connectivity index (χ2v) is 4.79. The van der Waals surface area contributed by atoms with Gasteiger partial charge in [-0.05, 0) is 31.2 Å². The summed E-state index contributed by atoms with van der Waals surface area (Å²) in [6.07, 6.45) is -0.671. The Hall–Kier alpha value is -1.56. The maximum absolute atomic E-state index is 11.8. The standard InChI is InChI=1S/C12H15BrN2O3/c1-8(12(17)15(2)7-11(14)16)18-10-5-3-9(13)4-6-10/h3-6,8H,7H2,1-2H3,(H2,14,16)/t8-/m0/s1. The molecule has 0 saturated heterocycles. The summed E-state index contributed by atoms with van der Waals surface area (Å²) in [5.41, 5.74) is 5.02. The quantitative estimate of drug-likeness (QED) is 0.886. The van der Waals surface area contributed by atoms with Crippen LogP contribution in [0.5, 0.6) is 5.75 Å². The minimum absolute atomic E-state index is 0.118. The summed E-state index contributed by atoms with van der Waals surface area (Å²) in [6, 6.07) is 7.14. The van der Waals surface area contributed by atoms with Crippen molar-refractivity contribution in [2.75, 3.05) is 13.6 Å². The smallest absolute Gasteiger partial charge is 0.263 e. The number of nitrogens with two attached hydrogens (primary N) is 1. The lowest BCUT2D eigenvalue weighted by atomic mass is 10.3. The number of halogens is 1. The first-order valence-electron chi connectivity index (χ1n) is 5.35. The van der Waals surface area contributed by atoms with Crippen LogP contribution in [0.4, 0.5) is 0 Å².